The molecule has 3 heteroatoms. The Hall–Kier alpha value is -1.02. The van der Waals surface area contributed by atoms with Crippen molar-refractivity contribution in [2.75, 3.05) is 0 Å². The van der Waals surface area contributed by atoms with E-state index in [1.165, 1.54) is 24.8 Å². The molecule has 0 aliphatic heterocycles. The van der Waals surface area contributed by atoms with Crippen molar-refractivity contribution in [1.29, 1.82) is 0 Å². The van der Waals surface area contributed by atoms with Crippen LogP contribution in [0.25, 0.3) is 11.0 Å². The van der Waals surface area contributed by atoms with E-state index in [0.29, 0.717) is 12.0 Å². The Balaban J connectivity index is 2.15. The fourth-order valence-electron chi connectivity index (χ4n) is 3.61. The standard InChI is InChI=1S/C17H23ClN2/c1-11-7-6-10-15(12(11)2)20-16-9-5-4-8-14(16)19-17(20)13(3)18/h4-5,8-9,11-13,15H,6-7,10H2,1-3H3. The molecule has 1 fully saturated rings. The molecule has 1 heterocycles. The van der Waals surface area contributed by atoms with Crippen molar-refractivity contribution in [3.05, 3.63) is 30.1 Å². The Bertz CT molecular complexity index is 602. The van der Waals surface area contributed by atoms with E-state index in [-0.39, 0.29) is 5.38 Å². The highest BCUT2D eigenvalue weighted by atomic mass is 35.5. The third-order valence-electron chi connectivity index (χ3n) is 4.97. The summed E-state index contributed by atoms with van der Waals surface area (Å²) in [4.78, 5) is 4.78. The van der Waals surface area contributed by atoms with Gasteiger partial charge >= 0.3 is 0 Å². The second-order valence-electron chi connectivity index (χ2n) is 6.28. The first-order valence-electron chi connectivity index (χ1n) is 7.70. The van der Waals surface area contributed by atoms with Crippen molar-refractivity contribution in [2.24, 2.45) is 11.8 Å². The lowest BCUT2D eigenvalue weighted by molar-refractivity contribution is 0.186. The van der Waals surface area contributed by atoms with Crippen LogP contribution in [0.1, 0.15) is 57.3 Å². The number of benzene rings is 1. The lowest BCUT2D eigenvalue weighted by Gasteiger charge is -2.36. The van der Waals surface area contributed by atoms with E-state index in [9.17, 15) is 0 Å². The van der Waals surface area contributed by atoms with Gasteiger partial charge in [0.05, 0.1) is 16.4 Å². The summed E-state index contributed by atoms with van der Waals surface area (Å²) in [6, 6.07) is 8.94. The van der Waals surface area contributed by atoms with E-state index < -0.39 is 0 Å². The minimum atomic E-state index is -0.0492. The van der Waals surface area contributed by atoms with Crippen LogP contribution >= 0.6 is 11.6 Å². The third kappa shape index (κ3) is 2.24. The number of fused-ring (bicyclic) bond motifs is 1. The van der Waals surface area contributed by atoms with Gasteiger partial charge in [0.15, 0.2) is 0 Å². The molecule has 0 bridgehead atoms. The maximum atomic E-state index is 6.40. The molecule has 1 aliphatic carbocycles. The van der Waals surface area contributed by atoms with Crippen molar-refractivity contribution >= 4 is 22.6 Å². The van der Waals surface area contributed by atoms with Crippen molar-refractivity contribution in [3.63, 3.8) is 0 Å². The molecule has 108 valence electrons. The number of rotatable bonds is 2. The Kier molecular flexibility index (Phi) is 3.76. The first kappa shape index (κ1) is 13.9. The molecule has 1 aromatic carbocycles. The average Bonchev–Trinajstić information content (AvgIpc) is 2.81. The van der Waals surface area contributed by atoms with Gasteiger partial charge in [-0.15, -0.1) is 11.6 Å². The van der Waals surface area contributed by atoms with Gasteiger partial charge in [0.25, 0.3) is 0 Å². The van der Waals surface area contributed by atoms with Crippen LogP contribution in [0.3, 0.4) is 0 Å². The van der Waals surface area contributed by atoms with E-state index in [1.54, 1.807) is 0 Å². The highest BCUT2D eigenvalue weighted by molar-refractivity contribution is 6.20. The van der Waals surface area contributed by atoms with Crippen LogP contribution in [-0.4, -0.2) is 9.55 Å². The summed E-state index contributed by atoms with van der Waals surface area (Å²) in [5.74, 6) is 2.47. The quantitative estimate of drug-likeness (QED) is 0.683. The molecule has 1 saturated carbocycles. The van der Waals surface area contributed by atoms with Gasteiger partial charge in [-0.05, 0) is 37.3 Å². The van der Waals surface area contributed by atoms with Crippen molar-refractivity contribution < 1.29 is 0 Å². The number of para-hydroxylation sites is 2. The number of hydrogen-bond acceptors (Lipinski definition) is 1. The molecule has 20 heavy (non-hydrogen) atoms. The number of aromatic nitrogens is 2. The normalized spacial score (nSPS) is 28.7. The maximum Gasteiger partial charge on any atom is 0.127 e. The van der Waals surface area contributed by atoms with Crippen molar-refractivity contribution in [1.82, 2.24) is 9.55 Å². The van der Waals surface area contributed by atoms with Gasteiger partial charge in [-0.1, -0.05) is 38.8 Å². The number of hydrogen-bond donors (Lipinski definition) is 0. The molecule has 0 radical (unpaired) electrons. The SMILES string of the molecule is CC(Cl)c1nc2ccccc2n1C1CCCC(C)C1C. The molecule has 1 aliphatic rings. The molecule has 0 saturated heterocycles. The van der Waals surface area contributed by atoms with E-state index >= 15 is 0 Å². The lowest BCUT2D eigenvalue weighted by Crippen LogP contribution is -2.28. The summed E-state index contributed by atoms with van der Waals surface area (Å²) in [7, 11) is 0. The summed E-state index contributed by atoms with van der Waals surface area (Å²) < 4.78 is 2.42. The fraction of sp³-hybridized carbons (Fsp3) is 0.588. The summed E-state index contributed by atoms with van der Waals surface area (Å²) in [5, 5.41) is -0.0492. The number of halogens is 1. The molecule has 0 spiro atoms. The largest absolute Gasteiger partial charge is 0.323 e. The number of imidazole rings is 1. The first-order chi connectivity index (χ1) is 9.59. The Labute approximate surface area is 126 Å². The van der Waals surface area contributed by atoms with Gasteiger partial charge in [0.1, 0.15) is 5.82 Å². The number of nitrogens with zero attached hydrogens (tertiary/aromatic N) is 2. The monoisotopic (exact) mass is 290 g/mol. The van der Waals surface area contributed by atoms with Gasteiger partial charge < -0.3 is 4.57 Å². The predicted molar refractivity (Wildman–Crippen MR) is 85.2 cm³/mol. The zero-order valence-electron chi connectivity index (χ0n) is 12.5. The molecular formula is C17H23ClN2. The minimum Gasteiger partial charge on any atom is -0.323 e. The predicted octanol–water partition coefficient (Wildman–Crippen LogP) is 5.33. The first-order valence-corrected chi connectivity index (χ1v) is 8.14. The van der Waals surface area contributed by atoms with Crippen LogP contribution in [-0.2, 0) is 0 Å². The molecule has 2 nitrogen and oxygen atoms in total. The second kappa shape index (κ2) is 5.40. The number of alkyl halides is 1. The lowest BCUT2D eigenvalue weighted by atomic mass is 9.78. The summed E-state index contributed by atoms with van der Waals surface area (Å²) >= 11 is 6.40. The highest BCUT2D eigenvalue weighted by Crippen LogP contribution is 2.41. The van der Waals surface area contributed by atoms with E-state index in [2.05, 4.69) is 42.7 Å². The maximum absolute atomic E-state index is 6.40. The molecule has 4 atom stereocenters. The Morgan fingerprint density at radius 2 is 2.00 bits per heavy atom. The second-order valence-corrected chi connectivity index (χ2v) is 6.93. The van der Waals surface area contributed by atoms with Gasteiger partial charge in [-0.25, -0.2) is 4.98 Å². The summed E-state index contributed by atoms with van der Waals surface area (Å²) in [6.07, 6.45) is 3.89. The van der Waals surface area contributed by atoms with Crippen molar-refractivity contribution in [3.8, 4) is 0 Å². The van der Waals surface area contributed by atoms with Crippen molar-refractivity contribution in [2.45, 2.75) is 51.5 Å². The topological polar surface area (TPSA) is 17.8 Å². The molecule has 0 N–H and O–H groups in total. The van der Waals surface area contributed by atoms with E-state index in [4.69, 9.17) is 16.6 Å². The zero-order valence-corrected chi connectivity index (χ0v) is 13.3. The minimum absolute atomic E-state index is 0.0492. The Morgan fingerprint density at radius 3 is 2.75 bits per heavy atom. The van der Waals surface area contributed by atoms with Crippen LogP contribution in [0.2, 0.25) is 0 Å². The zero-order chi connectivity index (χ0) is 14.3. The molecule has 4 unspecified atom stereocenters. The Morgan fingerprint density at radius 1 is 1.25 bits per heavy atom. The van der Waals surface area contributed by atoms with Crippen LogP contribution < -0.4 is 0 Å². The van der Waals surface area contributed by atoms with E-state index in [1.807, 2.05) is 6.92 Å². The third-order valence-corrected chi connectivity index (χ3v) is 5.17. The molecular weight excluding hydrogens is 268 g/mol. The van der Waals surface area contributed by atoms with Gasteiger partial charge in [-0.2, -0.15) is 0 Å². The smallest absolute Gasteiger partial charge is 0.127 e. The summed E-state index contributed by atoms with van der Waals surface area (Å²) in [6.45, 7) is 6.78. The average molecular weight is 291 g/mol. The van der Waals surface area contributed by atoms with E-state index in [0.717, 1.165) is 17.3 Å². The molecule has 1 aromatic heterocycles. The highest BCUT2D eigenvalue weighted by Gasteiger charge is 2.31. The molecule has 3 rings (SSSR count). The van der Waals surface area contributed by atoms with Gasteiger partial charge in [0, 0.05) is 6.04 Å². The summed E-state index contributed by atoms with van der Waals surface area (Å²) in [5.41, 5.74) is 2.31. The van der Waals surface area contributed by atoms with Crippen LogP contribution in [0.15, 0.2) is 24.3 Å². The van der Waals surface area contributed by atoms with Gasteiger partial charge in [0.2, 0.25) is 0 Å². The fourth-order valence-corrected chi connectivity index (χ4v) is 3.76. The van der Waals surface area contributed by atoms with Crippen LogP contribution in [0, 0.1) is 11.8 Å². The van der Waals surface area contributed by atoms with Crippen LogP contribution in [0.4, 0.5) is 0 Å². The molecule has 2 aromatic rings. The molecule has 0 amide bonds. The van der Waals surface area contributed by atoms with Crippen LogP contribution in [0.5, 0.6) is 0 Å². The van der Waals surface area contributed by atoms with Gasteiger partial charge in [-0.3, -0.25) is 0 Å².